The molecular formula is C30H32BN5O3. The van der Waals surface area contributed by atoms with Gasteiger partial charge in [0.1, 0.15) is 7.85 Å². The number of hydrogen-bond donors (Lipinski definition) is 3. The molecule has 2 aliphatic rings. The molecule has 3 aromatic rings. The largest absolute Gasteiger partial charge is 0.397 e. The number of likely N-dealkylation sites (tertiary alicyclic amines) is 1. The number of nitrogen functional groups attached to an aromatic ring is 1. The van der Waals surface area contributed by atoms with Crippen molar-refractivity contribution in [2.24, 2.45) is 0 Å². The predicted octanol–water partition coefficient (Wildman–Crippen LogP) is 3.09. The van der Waals surface area contributed by atoms with Crippen molar-refractivity contribution >= 4 is 48.3 Å². The van der Waals surface area contributed by atoms with E-state index >= 15 is 0 Å². The van der Waals surface area contributed by atoms with Gasteiger partial charge < -0.3 is 21.1 Å². The van der Waals surface area contributed by atoms with Gasteiger partial charge in [-0.1, -0.05) is 35.8 Å². The molecule has 0 aliphatic carbocycles. The third-order valence-corrected chi connectivity index (χ3v) is 7.26. The molecule has 2 bridgehead atoms. The number of pyridine rings is 1. The van der Waals surface area contributed by atoms with Gasteiger partial charge in [0.05, 0.1) is 35.7 Å². The van der Waals surface area contributed by atoms with E-state index in [9.17, 15) is 9.59 Å². The first kappa shape index (κ1) is 26.7. The van der Waals surface area contributed by atoms with Crippen LogP contribution in [0.25, 0.3) is 6.08 Å². The highest BCUT2D eigenvalue weighted by Gasteiger charge is 2.38. The number of fused-ring (bicyclic) bond motifs is 2. The van der Waals surface area contributed by atoms with Crippen LogP contribution in [-0.4, -0.2) is 61.4 Å². The summed E-state index contributed by atoms with van der Waals surface area (Å²) in [6.07, 6.45) is 7.79. The van der Waals surface area contributed by atoms with Crippen LogP contribution in [0, 0.1) is 0 Å². The molecule has 5 rings (SSSR count). The SMILES string of the molecule is [B]c1ccc(NC(=O)C(CCCN2C[C@@H]3C[C@H]2CO3)c2ccc(/C=C/C(=O)Nc3ccccc3N)cn2)cc1. The summed E-state index contributed by atoms with van der Waals surface area (Å²) in [7, 11) is 5.79. The smallest absolute Gasteiger partial charge is 0.248 e. The van der Waals surface area contributed by atoms with Crippen LogP contribution >= 0.6 is 0 Å². The number of nitrogens with one attached hydrogen (secondary N) is 2. The number of aromatic nitrogens is 1. The average molecular weight is 521 g/mol. The molecule has 1 unspecified atom stereocenters. The molecule has 2 radical (unpaired) electrons. The molecule has 2 saturated heterocycles. The van der Waals surface area contributed by atoms with Crippen LogP contribution in [0.1, 0.15) is 36.4 Å². The molecule has 9 heteroatoms. The van der Waals surface area contributed by atoms with E-state index in [1.165, 1.54) is 6.08 Å². The van der Waals surface area contributed by atoms with Crippen LogP contribution in [0.15, 0.2) is 72.9 Å². The van der Waals surface area contributed by atoms with Crippen molar-refractivity contribution < 1.29 is 14.3 Å². The molecule has 3 heterocycles. The lowest BCUT2D eigenvalue weighted by Gasteiger charge is -2.27. The Labute approximate surface area is 230 Å². The Morgan fingerprint density at radius 3 is 2.64 bits per heavy atom. The van der Waals surface area contributed by atoms with E-state index < -0.39 is 5.92 Å². The van der Waals surface area contributed by atoms with E-state index in [1.54, 1.807) is 48.7 Å². The lowest BCUT2D eigenvalue weighted by atomic mass is 9.95. The molecule has 4 N–H and O–H groups in total. The normalized spacial score (nSPS) is 19.3. The Bertz CT molecular complexity index is 1330. The van der Waals surface area contributed by atoms with Crippen molar-refractivity contribution in [3.63, 3.8) is 0 Å². The van der Waals surface area contributed by atoms with Crippen molar-refractivity contribution in [2.45, 2.75) is 37.3 Å². The van der Waals surface area contributed by atoms with E-state index in [0.717, 1.165) is 38.1 Å². The standard InChI is InChI=1S/C30H32BN5O3/c31-21-9-11-22(12-10-21)34-30(38)25(4-3-15-36-18-24-16-23(36)19-39-24)27-13-7-20(17-33-27)8-14-29(37)35-28-6-2-1-5-26(28)32/h1-2,5-14,17,23-25H,3-4,15-16,18-19,32H2,(H,34,38)(H,35,37)/b14-8+/t23-,24-,25?/m0/s1. The summed E-state index contributed by atoms with van der Waals surface area (Å²) in [5.41, 5.74) is 9.72. The number of carbonyl (C=O) groups excluding carboxylic acids is 2. The van der Waals surface area contributed by atoms with Gasteiger partial charge in [-0.2, -0.15) is 0 Å². The Hall–Kier alpha value is -3.95. The van der Waals surface area contributed by atoms with Crippen molar-refractivity contribution in [2.75, 3.05) is 36.1 Å². The molecule has 3 atom stereocenters. The minimum absolute atomic E-state index is 0.110. The third-order valence-electron chi connectivity index (χ3n) is 7.26. The monoisotopic (exact) mass is 521 g/mol. The molecule has 2 amide bonds. The van der Waals surface area contributed by atoms with Gasteiger partial charge in [0.15, 0.2) is 0 Å². The zero-order valence-corrected chi connectivity index (χ0v) is 21.8. The van der Waals surface area contributed by atoms with E-state index in [0.29, 0.717) is 46.8 Å². The molecule has 198 valence electrons. The van der Waals surface area contributed by atoms with Gasteiger partial charge in [0, 0.05) is 30.5 Å². The molecule has 39 heavy (non-hydrogen) atoms. The fraction of sp³-hybridized carbons (Fsp3) is 0.300. The molecule has 2 aliphatic heterocycles. The summed E-state index contributed by atoms with van der Waals surface area (Å²) in [6.45, 7) is 2.70. The summed E-state index contributed by atoms with van der Waals surface area (Å²) in [5.74, 6) is -0.818. The number of rotatable bonds is 10. The second-order valence-electron chi connectivity index (χ2n) is 10.1. The van der Waals surface area contributed by atoms with E-state index in [-0.39, 0.29) is 11.8 Å². The van der Waals surface area contributed by atoms with Crippen LogP contribution in [-0.2, 0) is 14.3 Å². The van der Waals surface area contributed by atoms with E-state index in [2.05, 4.69) is 20.5 Å². The first-order valence-corrected chi connectivity index (χ1v) is 13.3. The minimum atomic E-state index is -0.416. The molecular weight excluding hydrogens is 489 g/mol. The summed E-state index contributed by atoms with van der Waals surface area (Å²) in [4.78, 5) is 32.8. The molecule has 0 spiro atoms. The zero-order valence-electron chi connectivity index (χ0n) is 21.8. The second kappa shape index (κ2) is 12.3. The van der Waals surface area contributed by atoms with Crippen LogP contribution in [0.4, 0.5) is 17.1 Å². The number of nitrogens with zero attached hydrogens (tertiary/aromatic N) is 2. The number of benzene rings is 2. The Balaban J connectivity index is 1.24. The maximum atomic E-state index is 13.4. The molecule has 1 aromatic heterocycles. The number of para-hydroxylation sites is 2. The van der Waals surface area contributed by atoms with Gasteiger partial charge in [-0.3, -0.25) is 19.5 Å². The van der Waals surface area contributed by atoms with Crippen molar-refractivity contribution in [1.29, 1.82) is 0 Å². The van der Waals surface area contributed by atoms with Crippen LogP contribution < -0.4 is 21.8 Å². The number of amides is 2. The van der Waals surface area contributed by atoms with Gasteiger partial charge in [0.25, 0.3) is 0 Å². The average Bonchev–Trinajstić information content (AvgIpc) is 3.57. The zero-order chi connectivity index (χ0) is 27.2. The maximum absolute atomic E-state index is 13.4. The molecule has 0 saturated carbocycles. The van der Waals surface area contributed by atoms with Crippen LogP contribution in [0.5, 0.6) is 0 Å². The summed E-state index contributed by atoms with van der Waals surface area (Å²) >= 11 is 0. The van der Waals surface area contributed by atoms with Gasteiger partial charge in [0.2, 0.25) is 11.8 Å². The van der Waals surface area contributed by atoms with Crippen LogP contribution in [0.2, 0.25) is 0 Å². The third kappa shape index (κ3) is 6.93. The summed E-state index contributed by atoms with van der Waals surface area (Å²) in [5, 5.41) is 5.77. The van der Waals surface area contributed by atoms with Gasteiger partial charge in [-0.15, -0.1) is 0 Å². The number of ether oxygens (including phenoxy) is 1. The van der Waals surface area contributed by atoms with Gasteiger partial charge in [-0.05, 0) is 67.8 Å². The highest BCUT2D eigenvalue weighted by Crippen LogP contribution is 2.29. The quantitative estimate of drug-likeness (QED) is 0.215. The minimum Gasteiger partial charge on any atom is -0.397 e. The van der Waals surface area contributed by atoms with Gasteiger partial charge in [-0.25, -0.2) is 0 Å². The Kier molecular flexibility index (Phi) is 8.39. The number of anilines is 3. The second-order valence-corrected chi connectivity index (χ2v) is 10.1. The number of nitrogens with two attached hydrogens (primary N) is 1. The summed E-state index contributed by atoms with van der Waals surface area (Å²) in [6, 6.07) is 18.4. The fourth-order valence-corrected chi connectivity index (χ4v) is 5.14. The molecule has 2 aromatic carbocycles. The lowest BCUT2D eigenvalue weighted by Crippen LogP contribution is -2.37. The Morgan fingerprint density at radius 1 is 1.13 bits per heavy atom. The summed E-state index contributed by atoms with van der Waals surface area (Å²) < 4.78 is 5.71. The van der Waals surface area contributed by atoms with Gasteiger partial charge >= 0.3 is 0 Å². The van der Waals surface area contributed by atoms with Crippen LogP contribution in [0.3, 0.4) is 0 Å². The topological polar surface area (TPSA) is 110 Å². The van der Waals surface area contributed by atoms with Crippen molar-refractivity contribution in [1.82, 2.24) is 9.88 Å². The molecule has 8 nitrogen and oxygen atoms in total. The number of hydrogen-bond acceptors (Lipinski definition) is 6. The van der Waals surface area contributed by atoms with Crippen molar-refractivity contribution in [3.8, 4) is 0 Å². The molecule has 2 fully saturated rings. The van der Waals surface area contributed by atoms with Crippen molar-refractivity contribution in [3.05, 3.63) is 84.2 Å². The highest BCUT2D eigenvalue weighted by molar-refractivity contribution is 6.32. The maximum Gasteiger partial charge on any atom is 0.248 e. The highest BCUT2D eigenvalue weighted by atomic mass is 16.5. The number of carbonyl (C=O) groups is 2. The lowest BCUT2D eigenvalue weighted by molar-refractivity contribution is -0.118. The first-order chi connectivity index (χ1) is 18.9. The first-order valence-electron chi connectivity index (χ1n) is 13.3. The fourth-order valence-electron chi connectivity index (χ4n) is 5.14. The van der Waals surface area contributed by atoms with E-state index in [1.807, 2.05) is 24.3 Å². The predicted molar refractivity (Wildman–Crippen MR) is 155 cm³/mol. The van der Waals surface area contributed by atoms with E-state index in [4.69, 9.17) is 18.3 Å². The Morgan fingerprint density at radius 2 is 1.95 bits per heavy atom. The number of morpholine rings is 1.